The van der Waals surface area contributed by atoms with Crippen LogP contribution < -0.4 is 9.62 Å². The minimum absolute atomic E-state index is 0. The zero-order chi connectivity index (χ0) is 33.3. The maximum Gasteiger partial charge on any atom is 0.262 e. The molecule has 0 fully saturated rings. The quantitative estimate of drug-likeness (QED) is 0.159. The van der Waals surface area contributed by atoms with Crippen LogP contribution in [0.25, 0.3) is 44.3 Å². The molecule has 2 heterocycles. The van der Waals surface area contributed by atoms with E-state index in [0.29, 0.717) is 23.4 Å². The molecule has 49 heavy (non-hydrogen) atoms. The molecule has 0 spiro atoms. The third-order valence-corrected chi connectivity index (χ3v) is 10.0. The fourth-order valence-corrected chi connectivity index (χ4v) is 7.49. The summed E-state index contributed by atoms with van der Waals surface area (Å²) in [7, 11) is 0.00871. The van der Waals surface area contributed by atoms with Crippen molar-refractivity contribution in [2.75, 3.05) is 23.7 Å². The van der Waals surface area contributed by atoms with Crippen LogP contribution in [0.5, 0.6) is 0 Å². The highest BCUT2D eigenvalue weighted by molar-refractivity contribution is 7.93. The summed E-state index contributed by atoms with van der Waals surface area (Å²) in [6, 6.07) is 33.1. The smallest absolute Gasteiger partial charge is 0.262 e. The second-order valence-corrected chi connectivity index (χ2v) is 13.7. The average Bonchev–Trinajstić information content (AvgIpc) is 3.75. The van der Waals surface area contributed by atoms with Gasteiger partial charge in [0.25, 0.3) is 10.0 Å². The number of aryl methyl sites for hydroxylation is 1. The molecule has 0 atom stereocenters. The molecule has 0 bridgehead atoms. The lowest BCUT2D eigenvalue weighted by atomic mass is 9.98. The zero-order valence-corrected chi connectivity index (χ0v) is 28.4. The molecular formula is C37H38N8O3S. The first kappa shape index (κ1) is 33.3. The molecule has 2 aromatic heterocycles. The van der Waals surface area contributed by atoms with Crippen molar-refractivity contribution < 1.29 is 13.9 Å². The number of nitrogens with one attached hydrogen (secondary N) is 2. The van der Waals surface area contributed by atoms with Crippen molar-refractivity contribution >= 4 is 43.2 Å². The van der Waals surface area contributed by atoms with E-state index in [1.165, 1.54) is 0 Å². The largest absolute Gasteiger partial charge is 0.412 e. The first-order valence-corrected chi connectivity index (χ1v) is 17.4. The van der Waals surface area contributed by atoms with E-state index in [0.717, 1.165) is 69.4 Å². The predicted octanol–water partition coefficient (Wildman–Crippen LogP) is 6.47. The Bertz CT molecular complexity index is 2330. The van der Waals surface area contributed by atoms with Crippen molar-refractivity contribution in [1.82, 2.24) is 30.2 Å². The summed E-state index contributed by atoms with van der Waals surface area (Å²) in [6.07, 6.45) is 2.88. The molecule has 0 unspecified atom stereocenters. The molecule has 0 saturated heterocycles. The van der Waals surface area contributed by atoms with Crippen LogP contribution in [0.4, 0.5) is 11.4 Å². The fraction of sp³-hybridized carbons (Fsp3) is 0.189. The second kappa shape index (κ2) is 13.9. The molecule has 5 aromatic carbocycles. The number of unbranched alkanes of at least 4 members (excludes halogenated alkanes) is 1. The van der Waals surface area contributed by atoms with Gasteiger partial charge in [0.1, 0.15) is 5.82 Å². The first-order chi connectivity index (χ1) is 23.3. The van der Waals surface area contributed by atoms with Crippen LogP contribution in [-0.4, -0.2) is 58.2 Å². The van der Waals surface area contributed by atoms with Crippen LogP contribution in [0.15, 0.2) is 108 Å². The van der Waals surface area contributed by atoms with Gasteiger partial charge in [-0.1, -0.05) is 86.1 Å². The normalized spacial score (nSPS) is 11.5. The number of fused-ring (bicyclic) bond motifs is 2. The van der Waals surface area contributed by atoms with Crippen LogP contribution in [-0.2, 0) is 23.0 Å². The number of tetrazole rings is 1. The van der Waals surface area contributed by atoms with E-state index in [4.69, 9.17) is 4.98 Å². The number of hydrogen-bond donors (Lipinski definition) is 2. The number of aromatic nitrogens is 6. The molecule has 250 valence electrons. The first-order valence-electron chi connectivity index (χ1n) is 16.0. The summed E-state index contributed by atoms with van der Waals surface area (Å²) in [4.78, 5) is 7.20. The maximum atomic E-state index is 13.8. The molecule has 7 aromatic rings. The van der Waals surface area contributed by atoms with Crippen LogP contribution in [0.3, 0.4) is 0 Å². The summed E-state index contributed by atoms with van der Waals surface area (Å²) < 4.78 is 32.7. The number of benzene rings is 5. The monoisotopic (exact) mass is 674 g/mol. The van der Waals surface area contributed by atoms with Crippen molar-refractivity contribution in [1.29, 1.82) is 0 Å². The molecule has 4 N–H and O–H groups in total. The highest BCUT2D eigenvalue weighted by Gasteiger charge is 2.20. The summed E-state index contributed by atoms with van der Waals surface area (Å²) >= 11 is 0. The number of nitrogens with zero attached hydrogens (tertiary/aromatic N) is 6. The Morgan fingerprint density at radius 2 is 1.61 bits per heavy atom. The molecule has 0 aliphatic heterocycles. The van der Waals surface area contributed by atoms with Gasteiger partial charge >= 0.3 is 0 Å². The molecule has 0 amide bonds. The Kier molecular flexibility index (Phi) is 9.43. The number of imidazole rings is 1. The van der Waals surface area contributed by atoms with Gasteiger partial charge in [0.15, 0.2) is 0 Å². The highest BCUT2D eigenvalue weighted by Crippen LogP contribution is 2.33. The lowest BCUT2D eigenvalue weighted by Gasteiger charge is -2.17. The van der Waals surface area contributed by atoms with Gasteiger partial charge in [-0.2, -0.15) is 5.21 Å². The van der Waals surface area contributed by atoms with E-state index in [1.807, 2.05) is 73.6 Å². The van der Waals surface area contributed by atoms with Crippen molar-refractivity contribution in [3.8, 4) is 22.5 Å². The number of aromatic amines is 1. The highest BCUT2D eigenvalue weighted by atomic mass is 32.2. The fourth-order valence-electron chi connectivity index (χ4n) is 6.22. The average molecular weight is 675 g/mol. The Hall–Kier alpha value is -5.59. The summed E-state index contributed by atoms with van der Waals surface area (Å²) in [5.74, 6) is 1.52. The van der Waals surface area contributed by atoms with E-state index < -0.39 is 10.0 Å². The number of anilines is 2. The van der Waals surface area contributed by atoms with Crippen molar-refractivity contribution in [3.63, 3.8) is 0 Å². The Morgan fingerprint density at radius 3 is 2.35 bits per heavy atom. The Labute approximate surface area is 285 Å². The SMILES string of the molecule is CCCCc1nc2ccc(NS(=O)(=O)c3cccc4c(N(C)C)cccc34)cc2n1Cc1ccc(-c2ccccc2-c2nn[nH]n2)cc1.O. The molecule has 0 radical (unpaired) electrons. The molecule has 0 aliphatic rings. The molecular weight excluding hydrogens is 637 g/mol. The van der Waals surface area contributed by atoms with Crippen molar-refractivity contribution in [2.45, 2.75) is 37.6 Å². The molecule has 7 rings (SSSR count). The minimum Gasteiger partial charge on any atom is -0.412 e. The molecule has 11 nitrogen and oxygen atoms in total. The van der Waals surface area contributed by atoms with Gasteiger partial charge in [-0.3, -0.25) is 4.72 Å². The predicted molar refractivity (Wildman–Crippen MR) is 195 cm³/mol. The van der Waals surface area contributed by atoms with E-state index in [2.05, 4.69) is 67.2 Å². The third kappa shape index (κ3) is 6.60. The van der Waals surface area contributed by atoms with Gasteiger partial charge in [-0.15, -0.1) is 10.2 Å². The summed E-state index contributed by atoms with van der Waals surface area (Å²) in [6.45, 7) is 2.76. The van der Waals surface area contributed by atoms with Gasteiger partial charge in [0.2, 0.25) is 5.82 Å². The van der Waals surface area contributed by atoms with Gasteiger partial charge in [0, 0.05) is 49.1 Å². The zero-order valence-electron chi connectivity index (χ0n) is 27.6. The van der Waals surface area contributed by atoms with E-state index >= 15 is 0 Å². The van der Waals surface area contributed by atoms with Crippen molar-refractivity contribution in [3.05, 3.63) is 115 Å². The number of H-pyrrole nitrogens is 1. The molecule has 12 heteroatoms. The van der Waals surface area contributed by atoms with Gasteiger partial charge in [-0.25, -0.2) is 13.4 Å². The number of sulfonamides is 1. The van der Waals surface area contributed by atoms with E-state index in [-0.39, 0.29) is 10.4 Å². The molecule has 0 saturated carbocycles. The third-order valence-electron chi connectivity index (χ3n) is 8.58. The minimum atomic E-state index is -3.89. The molecule has 0 aliphatic carbocycles. The topological polar surface area (TPSA) is 153 Å². The lowest BCUT2D eigenvalue weighted by molar-refractivity contribution is 0.602. The lowest BCUT2D eigenvalue weighted by Crippen LogP contribution is -2.14. The maximum absolute atomic E-state index is 13.8. The van der Waals surface area contributed by atoms with Crippen molar-refractivity contribution in [2.24, 2.45) is 0 Å². The number of rotatable bonds is 11. The van der Waals surface area contributed by atoms with Crippen LogP contribution in [0.1, 0.15) is 31.2 Å². The van der Waals surface area contributed by atoms with Crippen LogP contribution >= 0.6 is 0 Å². The van der Waals surface area contributed by atoms with Gasteiger partial charge < -0.3 is 14.9 Å². The second-order valence-electron chi connectivity index (χ2n) is 12.0. The van der Waals surface area contributed by atoms with Crippen LogP contribution in [0, 0.1) is 0 Å². The number of hydrogen-bond acceptors (Lipinski definition) is 7. The van der Waals surface area contributed by atoms with E-state index in [1.54, 1.807) is 18.2 Å². The standard InChI is InChI=1S/C37H36N8O2S.H2O/c1-4-5-16-36-38-32-22-21-27(41-48(46,47)35-15-9-12-29-30(35)13-8-14-33(29)44(2)3)23-34(32)45(36)24-25-17-19-26(20-18-25)28-10-6-7-11-31(28)37-39-42-43-40-37;/h6-15,17-23,41H,4-5,16,24H2,1-3H3,(H,39,40,42,43);1H2. The van der Waals surface area contributed by atoms with Gasteiger partial charge in [0.05, 0.1) is 21.6 Å². The summed E-state index contributed by atoms with van der Waals surface area (Å²) in [5.41, 5.74) is 7.21. The Balaban J connectivity index is 0.00000417. The Morgan fingerprint density at radius 1 is 0.857 bits per heavy atom. The van der Waals surface area contributed by atoms with Gasteiger partial charge in [-0.05, 0) is 58.7 Å². The van der Waals surface area contributed by atoms with Crippen LogP contribution in [0.2, 0.25) is 0 Å². The van der Waals surface area contributed by atoms with E-state index in [9.17, 15) is 8.42 Å². The summed E-state index contributed by atoms with van der Waals surface area (Å²) in [5, 5.41) is 16.1.